The van der Waals surface area contributed by atoms with E-state index >= 15 is 0 Å². The summed E-state index contributed by atoms with van der Waals surface area (Å²) in [4.78, 5) is 0. The Morgan fingerprint density at radius 1 is 1.05 bits per heavy atom. The van der Waals surface area contributed by atoms with E-state index in [1.54, 1.807) is 0 Å². The molecule has 0 radical (unpaired) electrons. The predicted molar refractivity (Wildman–Crippen MR) is 83.5 cm³/mol. The third kappa shape index (κ3) is 3.92. The van der Waals surface area contributed by atoms with Gasteiger partial charge in [0.1, 0.15) is 0 Å². The zero-order valence-electron chi connectivity index (χ0n) is 13.1. The van der Waals surface area contributed by atoms with Gasteiger partial charge in [-0.1, -0.05) is 6.55 Å². The lowest BCUT2D eigenvalue weighted by Gasteiger charge is -2.55. The molecule has 3 unspecified atom stereocenters. The van der Waals surface area contributed by atoms with Crippen LogP contribution in [0.4, 0.5) is 13.2 Å². The fraction of sp³-hybridized carbons (Fsp3) is 1.00. The van der Waals surface area contributed by atoms with Gasteiger partial charge in [-0.2, -0.15) is 13.2 Å². The number of halogens is 3. The van der Waals surface area contributed by atoms with E-state index in [1.807, 2.05) is 0 Å². The Balaban J connectivity index is 2.15. The van der Waals surface area contributed by atoms with Crippen LogP contribution in [0.25, 0.3) is 0 Å². The summed E-state index contributed by atoms with van der Waals surface area (Å²) >= 11 is 0. The zero-order chi connectivity index (χ0) is 15.6. The van der Waals surface area contributed by atoms with Crippen molar-refractivity contribution in [2.24, 2.45) is 0 Å². The first-order chi connectivity index (χ1) is 9.79. The van der Waals surface area contributed by atoms with E-state index in [0.717, 1.165) is 55.4 Å². The Morgan fingerprint density at radius 3 is 2.14 bits per heavy atom. The summed E-state index contributed by atoms with van der Waals surface area (Å²) in [6.07, 6.45) is 1.44. The molecule has 0 spiro atoms. The van der Waals surface area contributed by atoms with Gasteiger partial charge >= 0.3 is 6.18 Å². The minimum Gasteiger partial charge on any atom is -0.377 e. The molecule has 0 aliphatic carbocycles. The molecule has 2 fully saturated rings. The first kappa shape index (κ1) is 17.5. The number of rotatable bonds is 4. The van der Waals surface area contributed by atoms with Gasteiger partial charge in [-0.3, -0.25) is 0 Å². The maximum atomic E-state index is 12.6. The number of ether oxygens (including phenoxy) is 2. The Labute approximate surface area is 129 Å². The van der Waals surface area contributed by atoms with Gasteiger partial charge in [-0.05, 0) is 44.6 Å². The lowest BCUT2D eigenvalue weighted by Crippen LogP contribution is -2.67. The molecule has 3 atom stereocenters. The SMILES string of the molecule is C[SiH](CCC(F)(F)F)C1(C2([SiH3])CCCCO2)CCCCO1. The minimum absolute atomic E-state index is 0.247. The monoisotopic (exact) mass is 340 g/mol. The van der Waals surface area contributed by atoms with E-state index in [0.29, 0.717) is 6.61 Å². The summed E-state index contributed by atoms with van der Waals surface area (Å²) in [5, 5.41) is -0.605. The van der Waals surface area contributed by atoms with Gasteiger partial charge in [-0.15, -0.1) is 0 Å². The Kier molecular flexibility index (Phi) is 5.60. The molecule has 0 aromatic rings. The van der Waals surface area contributed by atoms with Crippen LogP contribution in [-0.2, 0) is 9.47 Å². The van der Waals surface area contributed by atoms with Crippen LogP contribution >= 0.6 is 0 Å². The highest BCUT2D eigenvalue weighted by molar-refractivity contribution is 6.62. The van der Waals surface area contributed by atoms with Crippen LogP contribution in [-0.4, -0.2) is 48.9 Å². The second-order valence-corrected chi connectivity index (χ2v) is 11.7. The molecule has 0 bridgehead atoms. The van der Waals surface area contributed by atoms with Gasteiger partial charge < -0.3 is 9.47 Å². The van der Waals surface area contributed by atoms with Crippen LogP contribution in [0.3, 0.4) is 0 Å². The molecule has 2 saturated heterocycles. The van der Waals surface area contributed by atoms with Crippen LogP contribution in [0.1, 0.15) is 44.9 Å². The van der Waals surface area contributed by atoms with Crippen molar-refractivity contribution in [3.05, 3.63) is 0 Å². The molecule has 2 heterocycles. The van der Waals surface area contributed by atoms with Crippen LogP contribution < -0.4 is 0 Å². The van der Waals surface area contributed by atoms with E-state index in [-0.39, 0.29) is 16.5 Å². The van der Waals surface area contributed by atoms with Crippen molar-refractivity contribution in [3.8, 4) is 0 Å². The summed E-state index contributed by atoms with van der Waals surface area (Å²) < 4.78 is 50.2. The number of hydrogen-bond acceptors (Lipinski definition) is 2. The van der Waals surface area contributed by atoms with Gasteiger partial charge in [0.15, 0.2) is 0 Å². The molecule has 0 saturated carbocycles. The Morgan fingerprint density at radius 2 is 1.67 bits per heavy atom. The van der Waals surface area contributed by atoms with Crippen LogP contribution in [0.2, 0.25) is 12.6 Å². The fourth-order valence-corrected chi connectivity index (χ4v) is 10.1. The molecule has 0 aromatic heterocycles. The molecule has 2 aliphatic heterocycles. The standard InChI is InChI=1S/C14H27F3O2Si2/c1-21(11-8-14(15,16)17)13(7-3-5-10-19-13)12(20)6-2-4-9-18-12/h21H,2-11H2,1,20H3. The fourth-order valence-electron chi connectivity index (χ4n) is 4.02. The lowest BCUT2D eigenvalue weighted by molar-refractivity contribution is -0.162. The van der Waals surface area contributed by atoms with Gasteiger partial charge in [0, 0.05) is 29.9 Å². The summed E-state index contributed by atoms with van der Waals surface area (Å²) in [7, 11) is -0.847. The molecular weight excluding hydrogens is 313 g/mol. The third-order valence-corrected chi connectivity index (χ3v) is 11.3. The third-order valence-electron chi connectivity index (χ3n) is 5.32. The average molecular weight is 341 g/mol. The molecule has 2 aliphatic rings. The molecule has 0 N–H and O–H groups in total. The first-order valence-electron chi connectivity index (χ1n) is 8.14. The second-order valence-electron chi connectivity index (χ2n) is 6.79. The molecule has 21 heavy (non-hydrogen) atoms. The van der Waals surface area contributed by atoms with E-state index in [1.165, 1.54) is 0 Å². The predicted octanol–water partition coefficient (Wildman–Crippen LogP) is 2.54. The molecule has 124 valence electrons. The molecular formula is C14H27F3O2Si2. The van der Waals surface area contributed by atoms with Crippen LogP contribution in [0.5, 0.6) is 0 Å². The quantitative estimate of drug-likeness (QED) is 0.732. The van der Waals surface area contributed by atoms with Crippen molar-refractivity contribution in [1.29, 1.82) is 0 Å². The van der Waals surface area contributed by atoms with Gasteiger partial charge in [0.25, 0.3) is 0 Å². The molecule has 2 rings (SSSR count). The van der Waals surface area contributed by atoms with Crippen LogP contribution in [0, 0.1) is 0 Å². The Hall–Kier alpha value is 0.144. The topological polar surface area (TPSA) is 18.5 Å². The van der Waals surface area contributed by atoms with E-state index in [9.17, 15) is 13.2 Å². The van der Waals surface area contributed by atoms with Crippen molar-refractivity contribution < 1.29 is 22.6 Å². The van der Waals surface area contributed by atoms with Crippen molar-refractivity contribution >= 4 is 19.0 Å². The lowest BCUT2D eigenvalue weighted by atomic mass is 9.96. The van der Waals surface area contributed by atoms with Crippen molar-refractivity contribution in [2.75, 3.05) is 13.2 Å². The smallest absolute Gasteiger partial charge is 0.377 e. The molecule has 7 heteroatoms. The largest absolute Gasteiger partial charge is 0.388 e. The van der Waals surface area contributed by atoms with E-state index < -0.39 is 21.4 Å². The van der Waals surface area contributed by atoms with Crippen molar-refractivity contribution in [2.45, 2.75) is 74.2 Å². The van der Waals surface area contributed by atoms with Gasteiger partial charge in [0.2, 0.25) is 0 Å². The van der Waals surface area contributed by atoms with E-state index in [2.05, 4.69) is 6.55 Å². The number of alkyl halides is 3. The van der Waals surface area contributed by atoms with E-state index in [4.69, 9.17) is 9.47 Å². The molecule has 0 amide bonds. The van der Waals surface area contributed by atoms with Crippen LogP contribution in [0.15, 0.2) is 0 Å². The second kappa shape index (κ2) is 6.72. The minimum atomic E-state index is -4.05. The summed E-state index contributed by atoms with van der Waals surface area (Å²) in [5.74, 6) is 0. The van der Waals surface area contributed by atoms with Gasteiger partial charge in [0.05, 0.1) is 19.2 Å². The zero-order valence-corrected chi connectivity index (χ0v) is 16.3. The highest BCUT2D eigenvalue weighted by Crippen LogP contribution is 2.44. The maximum absolute atomic E-state index is 12.6. The molecule has 0 aromatic carbocycles. The maximum Gasteiger partial charge on any atom is 0.388 e. The van der Waals surface area contributed by atoms with Crippen molar-refractivity contribution in [3.63, 3.8) is 0 Å². The normalized spacial score (nSPS) is 36.6. The average Bonchev–Trinajstić information content (AvgIpc) is 2.45. The summed E-state index contributed by atoms with van der Waals surface area (Å²) in [6, 6.07) is 0.275. The highest BCUT2D eigenvalue weighted by Gasteiger charge is 2.55. The van der Waals surface area contributed by atoms with Crippen molar-refractivity contribution in [1.82, 2.24) is 0 Å². The Bertz CT molecular complexity index is 338. The first-order valence-corrected chi connectivity index (χ1v) is 11.7. The molecule has 2 nitrogen and oxygen atoms in total. The summed E-state index contributed by atoms with van der Waals surface area (Å²) in [5.41, 5.74) is 0. The highest BCUT2D eigenvalue weighted by atomic mass is 28.3. The summed E-state index contributed by atoms with van der Waals surface area (Å²) in [6.45, 7) is 3.50. The number of hydrogen-bond donors (Lipinski definition) is 0. The van der Waals surface area contributed by atoms with Gasteiger partial charge in [-0.25, -0.2) is 0 Å².